The zero-order valence-electron chi connectivity index (χ0n) is 12.8. The van der Waals surface area contributed by atoms with Crippen molar-refractivity contribution >= 4 is 0 Å². The average molecular weight is 301 g/mol. The molecule has 0 heterocycles. The highest BCUT2D eigenvalue weighted by molar-refractivity contribution is 5.56. The van der Waals surface area contributed by atoms with Crippen molar-refractivity contribution < 1.29 is 4.39 Å². The predicted octanol–water partition coefficient (Wildman–Crippen LogP) is 4.99. The van der Waals surface area contributed by atoms with Crippen LogP contribution in [0.4, 0.5) is 4.39 Å². The molecule has 0 radical (unpaired) electrons. The van der Waals surface area contributed by atoms with E-state index in [2.05, 4.69) is 6.07 Å². The maximum atomic E-state index is 14.8. The molecule has 0 atom stereocenters. The monoisotopic (exact) mass is 301 g/mol. The number of hydrogen-bond acceptors (Lipinski definition) is 1. The van der Waals surface area contributed by atoms with Gasteiger partial charge < -0.3 is 0 Å². The third-order valence-electron chi connectivity index (χ3n) is 4.11. The molecule has 0 saturated carbocycles. The van der Waals surface area contributed by atoms with Gasteiger partial charge in [0.2, 0.25) is 0 Å². The summed E-state index contributed by atoms with van der Waals surface area (Å²) in [6, 6.07) is 26.2. The first-order chi connectivity index (χ1) is 11.2. The van der Waals surface area contributed by atoms with Crippen molar-refractivity contribution in [3.8, 4) is 6.07 Å². The molecular formula is C21H16FN. The minimum absolute atomic E-state index is 0.362. The summed E-state index contributed by atoms with van der Waals surface area (Å²) in [5.74, 6) is -0.362. The fourth-order valence-electron chi connectivity index (χ4n) is 2.97. The fraction of sp³-hybridized carbons (Fsp3) is 0.0952. The Balaban J connectivity index is 2.37. The summed E-state index contributed by atoms with van der Waals surface area (Å²) in [6.45, 7) is 1.84. The molecule has 0 aliphatic carbocycles. The molecule has 112 valence electrons. The first-order valence-corrected chi connectivity index (χ1v) is 7.47. The molecule has 23 heavy (non-hydrogen) atoms. The third-order valence-corrected chi connectivity index (χ3v) is 4.11. The Bertz CT molecular complexity index is 809. The van der Waals surface area contributed by atoms with Crippen LogP contribution >= 0.6 is 0 Å². The van der Waals surface area contributed by atoms with Crippen LogP contribution in [0.2, 0.25) is 0 Å². The highest BCUT2D eigenvalue weighted by Crippen LogP contribution is 2.39. The van der Waals surface area contributed by atoms with Gasteiger partial charge in [0.05, 0.1) is 6.07 Å². The summed E-state index contributed by atoms with van der Waals surface area (Å²) in [7, 11) is 0. The van der Waals surface area contributed by atoms with E-state index in [4.69, 9.17) is 0 Å². The first kappa shape index (κ1) is 15.0. The predicted molar refractivity (Wildman–Crippen MR) is 89.5 cm³/mol. The Morgan fingerprint density at radius 2 is 1.35 bits per heavy atom. The fourth-order valence-corrected chi connectivity index (χ4v) is 2.97. The van der Waals surface area contributed by atoms with Gasteiger partial charge in [-0.05, 0) is 29.7 Å². The van der Waals surface area contributed by atoms with Crippen molar-refractivity contribution in [2.24, 2.45) is 0 Å². The van der Waals surface area contributed by atoms with Crippen LogP contribution in [-0.2, 0) is 5.41 Å². The van der Waals surface area contributed by atoms with Gasteiger partial charge in [-0.15, -0.1) is 0 Å². The van der Waals surface area contributed by atoms with Crippen LogP contribution in [0.1, 0.15) is 22.3 Å². The van der Waals surface area contributed by atoms with Crippen LogP contribution in [0.5, 0.6) is 0 Å². The number of nitrogens with zero attached hydrogens (tertiary/aromatic N) is 1. The molecule has 0 aliphatic rings. The lowest BCUT2D eigenvalue weighted by atomic mass is 9.70. The number of aryl methyl sites for hydroxylation is 1. The lowest BCUT2D eigenvalue weighted by Gasteiger charge is -2.29. The topological polar surface area (TPSA) is 23.8 Å². The maximum absolute atomic E-state index is 14.8. The molecule has 1 nitrogen and oxygen atoms in total. The van der Waals surface area contributed by atoms with Gasteiger partial charge in [-0.2, -0.15) is 5.26 Å². The van der Waals surface area contributed by atoms with Crippen LogP contribution in [0, 0.1) is 24.1 Å². The average Bonchev–Trinajstić information content (AvgIpc) is 2.59. The normalized spacial score (nSPS) is 11.0. The minimum atomic E-state index is -1.17. The lowest BCUT2D eigenvalue weighted by molar-refractivity contribution is 0.588. The Morgan fingerprint density at radius 3 is 1.78 bits per heavy atom. The summed E-state index contributed by atoms with van der Waals surface area (Å²) in [6.07, 6.45) is 0. The van der Waals surface area contributed by atoms with E-state index >= 15 is 0 Å². The zero-order valence-corrected chi connectivity index (χ0v) is 12.8. The van der Waals surface area contributed by atoms with Gasteiger partial charge in [0.25, 0.3) is 0 Å². The van der Waals surface area contributed by atoms with E-state index in [1.807, 2.05) is 73.7 Å². The van der Waals surface area contributed by atoms with Gasteiger partial charge in [-0.3, -0.25) is 0 Å². The minimum Gasteiger partial charge on any atom is -0.207 e. The maximum Gasteiger partial charge on any atom is 0.135 e. The van der Waals surface area contributed by atoms with Crippen molar-refractivity contribution in [3.63, 3.8) is 0 Å². The van der Waals surface area contributed by atoms with E-state index in [0.717, 1.165) is 16.7 Å². The SMILES string of the molecule is Cc1ccc(C(C#N)(c2ccccc2)c2ccccc2)c(F)c1. The quantitative estimate of drug-likeness (QED) is 0.625. The lowest BCUT2D eigenvalue weighted by Crippen LogP contribution is -2.28. The number of benzene rings is 3. The molecule has 3 aromatic rings. The van der Waals surface area contributed by atoms with E-state index in [0.29, 0.717) is 5.56 Å². The smallest absolute Gasteiger partial charge is 0.135 e. The van der Waals surface area contributed by atoms with Gasteiger partial charge in [0, 0.05) is 5.56 Å². The van der Waals surface area contributed by atoms with E-state index in [9.17, 15) is 9.65 Å². The van der Waals surface area contributed by atoms with E-state index in [1.54, 1.807) is 6.07 Å². The highest BCUT2D eigenvalue weighted by atomic mass is 19.1. The van der Waals surface area contributed by atoms with Gasteiger partial charge in [0.1, 0.15) is 11.2 Å². The molecule has 0 N–H and O–H groups in total. The van der Waals surface area contributed by atoms with Gasteiger partial charge in [0.15, 0.2) is 0 Å². The van der Waals surface area contributed by atoms with Gasteiger partial charge in [-0.1, -0.05) is 72.8 Å². The molecule has 0 aromatic heterocycles. The number of nitriles is 1. The molecule has 0 amide bonds. The molecule has 0 unspecified atom stereocenters. The van der Waals surface area contributed by atoms with Gasteiger partial charge in [-0.25, -0.2) is 4.39 Å². The number of hydrogen-bond donors (Lipinski definition) is 0. The van der Waals surface area contributed by atoms with Crippen LogP contribution in [-0.4, -0.2) is 0 Å². The molecule has 0 fully saturated rings. The molecule has 0 aliphatic heterocycles. The van der Waals surface area contributed by atoms with E-state index in [-0.39, 0.29) is 5.82 Å². The second kappa shape index (κ2) is 6.06. The summed E-state index contributed by atoms with van der Waals surface area (Å²) in [5.41, 5.74) is 1.57. The van der Waals surface area contributed by atoms with E-state index < -0.39 is 5.41 Å². The zero-order chi connectivity index (χ0) is 16.3. The van der Waals surface area contributed by atoms with Crippen molar-refractivity contribution in [1.82, 2.24) is 0 Å². The Morgan fingerprint density at radius 1 is 0.826 bits per heavy atom. The molecule has 2 heteroatoms. The Labute approximate surface area is 135 Å². The second-order valence-corrected chi connectivity index (χ2v) is 5.58. The molecular weight excluding hydrogens is 285 g/mol. The van der Waals surface area contributed by atoms with Crippen LogP contribution in [0.25, 0.3) is 0 Å². The summed E-state index contributed by atoms with van der Waals surface area (Å²) >= 11 is 0. The van der Waals surface area contributed by atoms with Crippen LogP contribution in [0.15, 0.2) is 78.9 Å². The van der Waals surface area contributed by atoms with Crippen LogP contribution < -0.4 is 0 Å². The second-order valence-electron chi connectivity index (χ2n) is 5.58. The van der Waals surface area contributed by atoms with Crippen LogP contribution in [0.3, 0.4) is 0 Å². The van der Waals surface area contributed by atoms with Crippen molar-refractivity contribution in [1.29, 1.82) is 5.26 Å². The largest absolute Gasteiger partial charge is 0.207 e. The molecule has 3 aromatic carbocycles. The summed E-state index contributed by atoms with van der Waals surface area (Å²) < 4.78 is 14.8. The summed E-state index contributed by atoms with van der Waals surface area (Å²) in [5, 5.41) is 10.1. The van der Waals surface area contributed by atoms with Crippen molar-refractivity contribution in [2.45, 2.75) is 12.3 Å². The summed E-state index contributed by atoms with van der Waals surface area (Å²) in [4.78, 5) is 0. The van der Waals surface area contributed by atoms with Gasteiger partial charge >= 0.3 is 0 Å². The standard InChI is InChI=1S/C21H16FN/c1-16-12-13-19(20(22)14-16)21(15-23,17-8-4-2-5-9-17)18-10-6-3-7-11-18/h2-14H,1H3. The third kappa shape index (κ3) is 2.51. The highest BCUT2D eigenvalue weighted by Gasteiger charge is 2.38. The molecule has 0 bridgehead atoms. The van der Waals surface area contributed by atoms with Crippen molar-refractivity contribution in [2.75, 3.05) is 0 Å². The first-order valence-electron chi connectivity index (χ1n) is 7.47. The Hall–Kier alpha value is -2.92. The molecule has 3 rings (SSSR count). The van der Waals surface area contributed by atoms with Crippen molar-refractivity contribution in [3.05, 3.63) is 107 Å². The Kier molecular flexibility index (Phi) is 3.95. The molecule has 0 saturated heterocycles. The number of rotatable bonds is 3. The van der Waals surface area contributed by atoms with E-state index in [1.165, 1.54) is 6.07 Å². The molecule has 0 spiro atoms. The number of halogens is 1.